The van der Waals surface area contributed by atoms with Gasteiger partial charge in [0.1, 0.15) is 17.3 Å². The van der Waals surface area contributed by atoms with Crippen LogP contribution in [0.1, 0.15) is 28.9 Å². The molecule has 102 valence electrons. The van der Waals surface area contributed by atoms with Gasteiger partial charge in [0.25, 0.3) is 5.91 Å². The Bertz CT molecular complexity index is 573. The Balaban J connectivity index is 2.09. The molecule has 1 aromatic rings. The molecular formula is C14H15N5O. The van der Waals surface area contributed by atoms with E-state index in [1.807, 2.05) is 13.1 Å². The Kier molecular flexibility index (Phi) is 3.97. The van der Waals surface area contributed by atoms with E-state index >= 15 is 0 Å². The zero-order valence-corrected chi connectivity index (χ0v) is 11.3. The summed E-state index contributed by atoms with van der Waals surface area (Å²) < 4.78 is 0. The standard InChI is InChI=1S/C14H15N5O/c1-19-6-4-14(10-16,5-7-19)18-13(20)12-3-2-11(8-15)9-17-12/h2-3,9H,4-7H2,1H3,(H,18,20). The van der Waals surface area contributed by atoms with Gasteiger partial charge in [-0.25, -0.2) is 4.98 Å². The third kappa shape index (κ3) is 2.93. The number of hydrogen-bond acceptors (Lipinski definition) is 5. The van der Waals surface area contributed by atoms with Crippen LogP contribution in [0, 0.1) is 22.7 Å². The molecule has 0 radical (unpaired) electrons. The third-order valence-corrected chi connectivity index (χ3v) is 3.53. The minimum Gasteiger partial charge on any atom is -0.332 e. The van der Waals surface area contributed by atoms with Crippen LogP contribution in [0.2, 0.25) is 0 Å². The predicted octanol–water partition coefficient (Wildman–Crippen LogP) is 0.671. The zero-order valence-electron chi connectivity index (χ0n) is 11.3. The van der Waals surface area contributed by atoms with Crippen LogP contribution in [0.15, 0.2) is 18.3 Å². The molecule has 0 bridgehead atoms. The molecule has 1 aliphatic heterocycles. The predicted molar refractivity (Wildman–Crippen MR) is 71.5 cm³/mol. The maximum Gasteiger partial charge on any atom is 0.271 e. The molecule has 1 fully saturated rings. The fraction of sp³-hybridized carbons (Fsp3) is 0.429. The van der Waals surface area contributed by atoms with E-state index in [1.54, 1.807) is 0 Å². The molecule has 1 aromatic heterocycles. The van der Waals surface area contributed by atoms with Gasteiger partial charge in [-0.05, 0) is 32.0 Å². The molecule has 1 N–H and O–H groups in total. The number of pyridine rings is 1. The van der Waals surface area contributed by atoms with Crippen molar-refractivity contribution in [1.82, 2.24) is 15.2 Å². The maximum atomic E-state index is 12.1. The second-order valence-corrected chi connectivity index (χ2v) is 5.00. The number of nitrogens with one attached hydrogen (secondary N) is 1. The minimum atomic E-state index is -0.820. The number of likely N-dealkylation sites (tertiary alicyclic amines) is 1. The van der Waals surface area contributed by atoms with Crippen LogP contribution < -0.4 is 5.32 Å². The smallest absolute Gasteiger partial charge is 0.271 e. The van der Waals surface area contributed by atoms with Crippen LogP contribution >= 0.6 is 0 Å². The lowest BCUT2D eigenvalue weighted by molar-refractivity contribution is 0.0877. The van der Waals surface area contributed by atoms with Gasteiger partial charge in [0.05, 0.1) is 11.6 Å². The molecular weight excluding hydrogens is 254 g/mol. The average molecular weight is 269 g/mol. The summed E-state index contributed by atoms with van der Waals surface area (Å²) in [6, 6.07) is 7.20. The highest BCUT2D eigenvalue weighted by Gasteiger charge is 2.35. The van der Waals surface area contributed by atoms with Gasteiger partial charge in [-0.1, -0.05) is 0 Å². The molecule has 1 amide bonds. The molecule has 2 heterocycles. The average Bonchev–Trinajstić information content (AvgIpc) is 2.50. The Hall–Kier alpha value is -2.44. The molecule has 0 aliphatic carbocycles. The van der Waals surface area contributed by atoms with E-state index in [0.717, 1.165) is 13.1 Å². The monoisotopic (exact) mass is 269 g/mol. The number of amides is 1. The van der Waals surface area contributed by atoms with Gasteiger partial charge in [-0.15, -0.1) is 0 Å². The van der Waals surface area contributed by atoms with E-state index in [2.05, 4.69) is 21.3 Å². The highest BCUT2D eigenvalue weighted by Crippen LogP contribution is 2.21. The maximum absolute atomic E-state index is 12.1. The molecule has 0 saturated carbocycles. The highest BCUT2D eigenvalue weighted by atomic mass is 16.2. The van der Waals surface area contributed by atoms with Crippen molar-refractivity contribution in [2.24, 2.45) is 0 Å². The largest absolute Gasteiger partial charge is 0.332 e. The normalized spacial score (nSPS) is 17.8. The molecule has 6 heteroatoms. The molecule has 6 nitrogen and oxygen atoms in total. The van der Waals surface area contributed by atoms with Crippen molar-refractivity contribution in [3.05, 3.63) is 29.6 Å². The van der Waals surface area contributed by atoms with Crippen LogP contribution in [0.5, 0.6) is 0 Å². The number of rotatable bonds is 2. The molecule has 0 aromatic carbocycles. The number of carbonyl (C=O) groups excluding carboxylic acids is 1. The van der Waals surface area contributed by atoms with Crippen molar-refractivity contribution in [2.75, 3.05) is 20.1 Å². The van der Waals surface area contributed by atoms with Crippen molar-refractivity contribution < 1.29 is 4.79 Å². The van der Waals surface area contributed by atoms with E-state index in [-0.39, 0.29) is 11.6 Å². The van der Waals surface area contributed by atoms with E-state index < -0.39 is 5.54 Å². The van der Waals surface area contributed by atoms with Gasteiger partial charge >= 0.3 is 0 Å². The van der Waals surface area contributed by atoms with Crippen LogP contribution in [-0.4, -0.2) is 41.5 Å². The van der Waals surface area contributed by atoms with Gasteiger partial charge in [-0.3, -0.25) is 4.79 Å². The fourth-order valence-corrected chi connectivity index (χ4v) is 2.14. The summed E-state index contributed by atoms with van der Waals surface area (Å²) in [5.41, 5.74) is -0.201. The van der Waals surface area contributed by atoms with Crippen LogP contribution in [0.25, 0.3) is 0 Å². The van der Waals surface area contributed by atoms with Gasteiger partial charge in [0.2, 0.25) is 0 Å². The first kappa shape index (κ1) is 14.0. The number of carbonyl (C=O) groups is 1. The van der Waals surface area contributed by atoms with Crippen LogP contribution in [-0.2, 0) is 0 Å². The number of hydrogen-bond donors (Lipinski definition) is 1. The van der Waals surface area contributed by atoms with Crippen molar-refractivity contribution in [3.8, 4) is 12.1 Å². The molecule has 0 unspecified atom stereocenters. The zero-order chi connectivity index (χ0) is 14.6. The summed E-state index contributed by atoms with van der Waals surface area (Å²) in [6.07, 6.45) is 2.55. The van der Waals surface area contributed by atoms with Crippen LogP contribution in [0.4, 0.5) is 0 Å². The Morgan fingerprint density at radius 3 is 2.60 bits per heavy atom. The Morgan fingerprint density at radius 2 is 2.10 bits per heavy atom. The molecule has 0 spiro atoms. The van der Waals surface area contributed by atoms with E-state index in [0.29, 0.717) is 18.4 Å². The first-order valence-electron chi connectivity index (χ1n) is 6.37. The van der Waals surface area contributed by atoms with Crippen molar-refractivity contribution >= 4 is 5.91 Å². The lowest BCUT2D eigenvalue weighted by Crippen LogP contribution is -2.53. The van der Waals surface area contributed by atoms with Crippen molar-refractivity contribution in [1.29, 1.82) is 10.5 Å². The van der Waals surface area contributed by atoms with E-state index in [4.69, 9.17) is 5.26 Å². The summed E-state index contributed by atoms with van der Waals surface area (Å²) in [7, 11) is 1.99. The number of piperidine rings is 1. The van der Waals surface area contributed by atoms with Crippen molar-refractivity contribution in [2.45, 2.75) is 18.4 Å². The fourth-order valence-electron chi connectivity index (χ4n) is 2.14. The summed E-state index contributed by atoms with van der Waals surface area (Å²) in [5, 5.41) is 20.8. The number of nitriles is 2. The molecule has 1 aliphatic rings. The number of nitrogens with zero attached hydrogens (tertiary/aromatic N) is 4. The summed E-state index contributed by atoms with van der Waals surface area (Å²) in [6.45, 7) is 1.54. The summed E-state index contributed by atoms with van der Waals surface area (Å²) >= 11 is 0. The quantitative estimate of drug-likeness (QED) is 0.851. The van der Waals surface area contributed by atoms with Gasteiger partial charge < -0.3 is 10.2 Å². The SMILES string of the molecule is CN1CCC(C#N)(NC(=O)c2ccc(C#N)cn2)CC1. The van der Waals surface area contributed by atoms with Crippen molar-refractivity contribution in [3.63, 3.8) is 0 Å². The van der Waals surface area contributed by atoms with Gasteiger partial charge in [0.15, 0.2) is 0 Å². The third-order valence-electron chi connectivity index (χ3n) is 3.53. The second kappa shape index (κ2) is 5.68. The molecule has 1 saturated heterocycles. The van der Waals surface area contributed by atoms with E-state index in [1.165, 1.54) is 18.3 Å². The van der Waals surface area contributed by atoms with Gasteiger partial charge in [-0.2, -0.15) is 10.5 Å². The first-order valence-corrected chi connectivity index (χ1v) is 6.37. The van der Waals surface area contributed by atoms with Gasteiger partial charge in [0, 0.05) is 19.3 Å². The second-order valence-electron chi connectivity index (χ2n) is 5.00. The Morgan fingerprint density at radius 1 is 1.40 bits per heavy atom. The molecule has 20 heavy (non-hydrogen) atoms. The topological polar surface area (TPSA) is 92.8 Å². The molecule has 2 rings (SSSR count). The first-order chi connectivity index (χ1) is 9.58. The highest BCUT2D eigenvalue weighted by molar-refractivity contribution is 5.93. The number of aromatic nitrogens is 1. The minimum absolute atomic E-state index is 0.220. The molecule has 0 atom stereocenters. The lowest BCUT2D eigenvalue weighted by atomic mass is 9.89. The van der Waals surface area contributed by atoms with E-state index in [9.17, 15) is 10.1 Å². The van der Waals surface area contributed by atoms with Crippen LogP contribution in [0.3, 0.4) is 0 Å². The summed E-state index contributed by atoms with van der Waals surface area (Å²) in [4.78, 5) is 18.2. The summed E-state index contributed by atoms with van der Waals surface area (Å²) in [5.74, 6) is -0.374. The lowest BCUT2D eigenvalue weighted by Gasteiger charge is -2.35. The Labute approximate surface area is 117 Å².